The van der Waals surface area contributed by atoms with Crippen molar-refractivity contribution in [2.75, 3.05) is 26.2 Å². The first kappa shape index (κ1) is 21.8. The average Bonchev–Trinajstić information content (AvgIpc) is 3.77. The van der Waals surface area contributed by atoms with Gasteiger partial charge in [-0.3, -0.25) is 14.4 Å². The summed E-state index contributed by atoms with van der Waals surface area (Å²) in [5.74, 6) is 0.0682. The van der Waals surface area contributed by atoms with Gasteiger partial charge in [0.25, 0.3) is 11.8 Å². The van der Waals surface area contributed by atoms with Gasteiger partial charge in [0.05, 0.1) is 0 Å². The standard InChI is InChI=1S/C27H30N2O4/c1-26(9-10-26)23(30)18-19-3-2-4-22(17-19)20-5-7-21(8-6-20)24(31)28-13-15-29(16-14-28)25(32)27(33)11-12-27/h2-8,17,33H,9-16,18H2,1H3. The first-order valence-electron chi connectivity index (χ1n) is 11.8. The molecule has 3 fully saturated rings. The van der Waals surface area contributed by atoms with Crippen LogP contribution < -0.4 is 0 Å². The number of rotatable bonds is 6. The molecule has 2 aliphatic carbocycles. The topological polar surface area (TPSA) is 77.9 Å². The molecule has 0 spiro atoms. The number of hydrogen-bond acceptors (Lipinski definition) is 4. The molecular formula is C27H30N2O4. The van der Waals surface area contributed by atoms with Crippen LogP contribution in [0.2, 0.25) is 0 Å². The van der Waals surface area contributed by atoms with E-state index < -0.39 is 5.60 Å². The molecule has 1 N–H and O–H groups in total. The summed E-state index contributed by atoms with van der Waals surface area (Å²) in [5.41, 5.74) is 2.41. The maximum atomic E-state index is 12.9. The van der Waals surface area contributed by atoms with Crippen LogP contribution in [0.5, 0.6) is 0 Å². The van der Waals surface area contributed by atoms with Gasteiger partial charge in [0.15, 0.2) is 0 Å². The first-order valence-corrected chi connectivity index (χ1v) is 11.8. The van der Waals surface area contributed by atoms with E-state index in [2.05, 4.69) is 6.07 Å². The predicted octanol–water partition coefficient (Wildman–Crippen LogP) is 3.07. The summed E-state index contributed by atoms with van der Waals surface area (Å²) in [5, 5.41) is 10.0. The lowest BCUT2D eigenvalue weighted by Gasteiger charge is -2.35. The Kier molecular flexibility index (Phi) is 5.36. The zero-order chi connectivity index (χ0) is 23.2. The highest BCUT2D eigenvalue weighted by atomic mass is 16.3. The summed E-state index contributed by atoms with van der Waals surface area (Å²) in [6.07, 6.45) is 3.53. The summed E-state index contributed by atoms with van der Waals surface area (Å²) < 4.78 is 0. The van der Waals surface area contributed by atoms with Gasteiger partial charge >= 0.3 is 0 Å². The van der Waals surface area contributed by atoms with E-state index in [4.69, 9.17) is 0 Å². The molecular weight excluding hydrogens is 416 g/mol. The van der Waals surface area contributed by atoms with Crippen molar-refractivity contribution >= 4 is 17.6 Å². The molecule has 1 aliphatic heterocycles. The van der Waals surface area contributed by atoms with Crippen LogP contribution >= 0.6 is 0 Å². The molecule has 6 nitrogen and oxygen atoms in total. The van der Waals surface area contributed by atoms with Crippen LogP contribution in [-0.2, 0) is 16.0 Å². The van der Waals surface area contributed by atoms with Crippen LogP contribution in [0.1, 0.15) is 48.5 Å². The Morgan fingerprint density at radius 1 is 0.848 bits per heavy atom. The number of ketones is 1. The molecule has 1 heterocycles. The molecule has 2 aromatic carbocycles. The molecule has 2 amide bonds. The van der Waals surface area contributed by atoms with Crippen molar-refractivity contribution in [3.8, 4) is 11.1 Å². The molecule has 2 saturated carbocycles. The largest absolute Gasteiger partial charge is 0.380 e. The first-order chi connectivity index (χ1) is 15.8. The quantitative estimate of drug-likeness (QED) is 0.740. The molecule has 5 rings (SSSR count). The second-order valence-corrected chi connectivity index (χ2v) is 10.1. The highest BCUT2D eigenvalue weighted by molar-refractivity contribution is 5.95. The van der Waals surface area contributed by atoms with Gasteiger partial charge < -0.3 is 14.9 Å². The normalized spacial score (nSPS) is 20.3. The molecule has 2 aromatic rings. The Bertz CT molecular complexity index is 1090. The Labute approximate surface area is 194 Å². The van der Waals surface area contributed by atoms with Crippen molar-refractivity contribution in [3.63, 3.8) is 0 Å². The fraction of sp³-hybridized carbons (Fsp3) is 0.444. The third-order valence-electron chi connectivity index (χ3n) is 7.41. The molecule has 0 aromatic heterocycles. The lowest BCUT2D eigenvalue weighted by molar-refractivity contribution is -0.143. The molecule has 0 radical (unpaired) electrons. The molecule has 0 bridgehead atoms. The van der Waals surface area contributed by atoms with Gasteiger partial charge in [0.2, 0.25) is 0 Å². The van der Waals surface area contributed by atoms with Crippen LogP contribution in [0.4, 0.5) is 0 Å². The van der Waals surface area contributed by atoms with E-state index in [1.807, 2.05) is 49.4 Å². The summed E-state index contributed by atoms with van der Waals surface area (Å²) >= 11 is 0. The van der Waals surface area contributed by atoms with Gasteiger partial charge in [-0.15, -0.1) is 0 Å². The molecule has 0 atom stereocenters. The average molecular weight is 447 g/mol. The highest BCUT2D eigenvalue weighted by Gasteiger charge is 2.50. The number of amides is 2. The van der Waals surface area contributed by atoms with E-state index in [-0.39, 0.29) is 17.2 Å². The van der Waals surface area contributed by atoms with E-state index in [0.29, 0.717) is 56.8 Å². The van der Waals surface area contributed by atoms with Gasteiger partial charge in [-0.1, -0.05) is 43.3 Å². The van der Waals surface area contributed by atoms with E-state index in [1.165, 1.54) is 0 Å². The summed E-state index contributed by atoms with van der Waals surface area (Å²) in [6.45, 7) is 3.89. The van der Waals surface area contributed by atoms with Crippen molar-refractivity contribution < 1.29 is 19.5 Å². The fourth-order valence-corrected chi connectivity index (χ4v) is 4.45. The van der Waals surface area contributed by atoms with Gasteiger partial charge in [-0.05, 0) is 54.5 Å². The Hall–Kier alpha value is -2.99. The van der Waals surface area contributed by atoms with Crippen molar-refractivity contribution in [1.29, 1.82) is 0 Å². The van der Waals surface area contributed by atoms with Crippen molar-refractivity contribution in [1.82, 2.24) is 9.80 Å². The number of carbonyl (C=O) groups excluding carboxylic acids is 3. The maximum Gasteiger partial charge on any atom is 0.254 e. The Morgan fingerprint density at radius 2 is 1.48 bits per heavy atom. The minimum absolute atomic E-state index is 0.0455. The smallest absolute Gasteiger partial charge is 0.254 e. The van der Waals surface area contributed by atoms with Crippen LogP contribution in [0, 0.1) is 5.41 Å². The van der Waals surface area contributed by atoms with Crippen molar-refractivity contribution in [2.45, 2.75) is 44.6 Å². The maximum absolute atomic E-state index is 12.9. The minimum atomic E-state index is -1.15. The zero-order valence-corrected chi connectivity index (χ0v) is 19.0. The molecule has 0 unspecified atom stereocenters. The highest BCUT2D eigenvalue weighted by Crippen LogP contribution is 2.46. The van der Waals surface area contributed by atoms with Gasteiger partial charge in [0, 0.05) is 43.6 Å². The summed E-state index contributed by atoms with van der Waals surface area (Å²) in [7, 11) is 0. The number of nitrogens with zero attached hydrogens (tertiary/aromatic N) is 2. The number of piperazine rings is 1. The fourth-order valence-electron chi connectivity index (χ4n) is 4.45. The van der Waals surface area contributed by atoms with Gasteiger partial charge in [-0.2, -0.15) is 0 Å². The summed E-state index contributed by atoms with van der Waals surface area (Å²) in [6, 6.07) is 15.6. The molecule has 33 heavy (non-hydrogen) atoms. The van der Waals surface area contributed by atoms with Crippen LogP contribution in [0.15, 0.2) is 48.5 Å². The lowest BCUT2D eigenvalue weighted by atomic mass is 9.95. The number of hydrogen-bond donors (Lipinski definition) is 1. The zero-order valence-electron chi connectivity index (χ0n) is 19.0. The third-order valence-corrected chi connectivity index (χ3v) is 7.41. The number of carbonyl (C=O) groups is 3. The van der Waals surface area contributed by atoms with Crippen LogP contribution in [0.25, 0.3) is 11.1 Å². The van der Waals surface area contributed by atoms with Gasteiger partial charge in [-0.25, -0.2) is 0 Å². The summed E-state index contributed by atoms with van der Waals surface area (Å²) in [4.78, 5) is 41.1. The van der Waals surface area contributed by atoms with E-state index in [0.717, 1.165) is 29.5 Å². The Balaban J connectivity index is 1.21. The second-order valence-electron chi connectivity index (χ2n) is 10.1. The van der Waals surface area contributed by atoms with Crippen LogP contribution in [-0.4, -0.2) is 64.3 Å². The minimum Gasteiger partial charge on any atom is -0.380 e. The van der Waals surface area contributed by atoms with Crippen molar-refractivity contribution in [2.24, 2.45) is 5.41 Å². The molecule has 172 valence electrons. The van der Waals surface area contributed by atoms with Crippen molar-refractivity contribution in [3.05, 3.63) is 59.7 Å². The molecule has 1 saturated heterocycles. The Morgan fingerprint density at radius 3 is 2.09 bits per heavy atom. The number of benzene rings is 2. The third kappa shape index (κ3) is 4.44. The lowest BCUT2D eigenvalue weighted by Crippen LogP contribution is -2.53. The number of aliphatic hydroxyl groups is 1. The van der Waals surface area contributed by atoms with E-state index in [9.17, 15) is 19.5 Å². The SMILES string of the molecule is CC1(C(=O)Cc2cccc(-c3ccc(C(=O)N4CCN(C(=O)C5(O)CC5)CC4)cc3)c2)CC1. The molecule has 6 heteroatoms. The second kappa shape index (κ2) is 8.10. The number of Topliss-reactive ketones (excluding diaryl/α,β-unsaturated/α-hetero) is 1. The van der Waals surface area contributed by atoms with E-state index >= 15 is 0 Å². The predicted molar refractivity (Wildman–Crippen MR) is 125 cm³/mol. The molecule has 3 aliphatic rings. The van der Waals surface area contributed by atoms with Crippen LogP contribution in [0.3, 0.4) is 0 Å². The van der Waals surface area contributed by atoms with Gasteiger partial charge in [0.1, 0.15) is 11.4 Å². The van der Waals surface area contributed by atoms with E-state index in [1.54, 1.807) is 9.80 Å². The monoisotopic (exact) mass is 446 g/mol.